The maximum Gasteiger partial charge on any atom is 0.258 e. The standard InChI is InChI=1S/C10H9ClN2O/c1-6(11)9-12-8-5-3-2-4-7(8)10(14)13-9/h2-6H,1H3,(H,12,13,14)/t6-/m0/s1. The Morgan fingerprint density at radius 1 is 1.43 bits per heavy atom. The normalized spacial score (nSPS) is 13.0. The lowest BCUT2D eigenvalue weighted by molar-refractivity contribution is 0.914. The molecule has 1 atom stereocenters. The van der Waals surface area contributed by atoms with Crippen LogP contribution in [0.1, 0.15) is 18.1 Å². The maximum absolute atomic E-state index is 11.5. The molecule has 0 aliphatic rings. The van der Waals surface area contributed by atoms with Gasteiger partial charge in [-0.05, 0) is 19.1 Å². The number of aromatic nitrogens is 2. The average Bonchev–Trinajstić information content (AvgIpc) is 2.17. The molecule has 0 aliphatic heterocycles. The Morgan fingerprint density at radius 3 is 2.86 bits per heavy atom. The molecule has 0 saturated heterocycles. The van der Waals surface area contributed by atoms with Crippen LogP contribution in [-0.4, -0.2) is 9.97 Å². The van der Waals surface area contributed by atoms with Gasteiger partial charge in [-0.25, -0.2) is 4.98 Å². The van der Waals surface area contributed by atoms with Crippen LogP contribution in [0.4, 0.5) is 0 Å². The first-order valence-electron chi connectivity index (χ1n) is 4.31. The van der Waals surface area contributed by atoms with Crippen molar-refractivity contribution in [3.05, 3.63) is 40.4 Å². The van der Waals surface area contributed by atoms with Crippen LogP contribution in [0.2, 0.25) is 0 Å². The fraction of sp³-hybridized carbons (Fsp3) is 0.200. The lowest BCUT2D eigenvalue weighted by atomic mass is 10.2. The van der Waals surface area contributed by atoms with E-state index in [2.05, 4.69) is 9.97 Å². The molecule has 72 valence electrons. The summed E-state index contributed by atoms with van der Waals surface area (Å²) in [6.07, 6.45) is 0. The Hall–Kier alpha value is -1.35. The van der Waals surface area contributed by atoms with Gasteiger partial charge in [-0.1, -0.05) is 12.1 Å². The van der Waals surface area contributed by atoms with E-state index in [1.165, 1.54) is 0 Å². The van der Waals surface area contributed by atoms with Crippen LogP contribution in [0.3, 0.4) is 0 Å². The van der Waals surface area contributed by atoms with E-state index in [1.54, 1.807) is 19.1 Å². The molecular weight excluding hydrogens is 200 g/mol. The zero-order valence-electron chi connectivity index (χ0n) is 7.62. The van der Waals surface area contributed by atoms with E-state index in [1.807, 2.05) is 12.1 Å². The van der Waals surface area contributed by atoms with E-state index >= 15 is 0 Å². The molecule has 0 saturated carbocycles. The number of para-hydroxylation sites is 1. The van der Waals surface area contributed by atoms with Crippen LogP contribution >= 0.6 is 11.6 Å². The minimum Gasteiger partial charge on any atom is -0.309 e. The SMILES string of the molecule is C[C@H](Cl)c1nc2ccccc2c(=O)[nH]1. The van der Waals surface area contributed by atoms with Crippen molar-refractivity contribution in [3.63, 3.8) is 0 Å². The highest BCUT2D eigenvalue weighted by atomic mass is 35.5. The monoisotopic (exact) mass is 208 g/mol. The molecule has 0 bridgehead atoms. The van der Waals surface area contributed by atoms with Crippen molar-refractivity contribution in [2.24, 2.45) is 0 Å². The Balaban J connectivity index is 2.79. The van der Waals surface area contributed by atoms with Gasteiger partial charge in [0.1, 0.15) is 5.82 Å². The number of fused-ring (bicyclic) bond motifs is 1. The lowest BCUT2D eigenvalue weighted by Gasteiger charge is -2.03. The highest BCUT2D eigenvalue weighted by Crippen LogP contribution is 2.15. The van der Waals surface area contributed by atoms with Gasteiger partial charge in [-0.2, -0.15) is 0 Å². The second kappa shape index (κ2) is 3.42. The van der Waals surface area contributed by atoms with Gasteiger partial charge in [0, 0.05) is 0 Å². The molecule has 0 fully saturated rings. The molecule has 0 amide bonds. The van der Waals surface area contributed by atoms with Crippen molar-refractivity contribution in [3.8, 4) is 0 Å². The molecule has 1 heterocycles. The van der Waals surface area contributed by atoms with Gasteiger partial charge < -0.3 is 4.98 Å². The van der Waals surface area contributed by atoms with E-state index in [0.29, 0.717) is 16.7 Å². The molecule has 14 heavy (non-hydrogen) atoms. The summed E-state index contributed by atoms with van der Waals surface area (Å²) in [6, 6.07) is 7.19. The Bertz CT molecular complexity index is 519. The summed E-state index contributed by atoms with van der Waals surface area (Å²) in [5.41, 5.74) is 0.539. The van der Waals surface area contributed by atoms with Gasteiger partial charge in [0.15, 0.2) is 0 Å². The van der Waals surface area contributed by atoms with Crippen molar-refractivity contribution in [1.82, 2.24) is 9.97 Å². The lowest BCUT2D eigenvalue weighted by Crippen LogP contribution is -2.11. The molecule has 0 unspecified atom stereocenters. The van der Waals surface area contributed by atoms with Crippen LogP contribution < -0.4 is 5.56 Å². The molecule has 2 aromatic rings. The molecule has 0 aliphatic carbocycles. The van der Waals surface area contributed by atoms with E-state index in [0.717, 1.165) is 0 Å². The third-order valence-corrected chi connectivity index (χ3v) is 2.21. The first-order chi connectivity index (χ1) is 6.68. The summed E-state index contributed by atoms with van der Waals surface area (Å²) in [5, 5.41) is 0.306. The second-order valence-corrected chi connectivity index (χ2v) is 3.74. The summed E-state index contributed by atoms with van der Waals surface area (Å²) in [6.45, 7) is 1.77. The van der Waals surface area contributed by atoms with Gasteiger partial charge in [0.2, 0.25) is 0 Å². The Kier molecular flexibility index (Phi) is 2.25. The third kappa shape index (κ3) is 1.51. The summed E-state index contributed by atoms with van der Waals surface area (Å²) >= 11 is 5.84. The molecule has 0 spiro atoms. The number of hydrogen-bond donors (Lipinski definition) is 1. The highest BCUT2D eigenvalue weighted by Gasteiger charge is 2.06. The number of benzene rings is 1. The summed E-state index contributed by atoms with van der Waals surface area (Å²) in [4.78, 5) is 18.4. The van der Waals surface area contributed by atoms with Crippen LogP contribution in [0.15, 0.2) is 29.1 Å². The number of nitrogens with one attached hydrogen (secondary N) is 1. The van der Waals surface area contributed by atoms with Gasteiger partial charge in [0.25, 0.3) is 5.56 Å². The number of rotatable bonds is 1. The summed E-state index contributed by atoms with van der Waals surface area (Å²) in [7, 11) is 0. The van der Waals surface area contributed by atoms with Crippen LogP contribution in [-0.2, 0) is 0 Å². The number of aromatic amines is 1. The zero-order chi connectivity index (χ0) is 10.1. The van der Waals surface area contributed by atoms with E-state index < -0.39 is 0 Å². The van der Waals surface area contributed by atoms with Gasteiger partial charge in [-0.3, -0.25) is 4.79 Å². The van der Waals surface area contributed by atoms with Gasteiger partial charge >= 0.3 is 0 Å². The van der Waals surface area contributed by atoms with E-state index in [9.17, 15) is 4.79 Å². The Morgan fingerprint density at radius 2 is 2.14 bits per heavy atom. The maximum atomic E-state index is 11.5. The smallest absolute Gasteiger partial charge is 0.258 e. The first kappa shape index (κ1) is 9.21. The van der Waals surface area contributed by atoms with Crippen LogP contribution in [0, 0.1) is 0 Å². The number of hydrogen-bond acceptors (Lipinski definition) is 2. The molecule has 2 rings (SSSR count). The molecule has 0 radical (unpaired) electrons. The predicted octanol–water partition coefficient (Wildman–Crippen LogP) is 2.22. The summed E-state index contributed by atoms with van der Waals surface area (Å²) < 4.78 is 0. The van der Waals surface area contributed by atoms with Crippen molar-refractivity contribution in [2.45, 2.75) is 12.3 Å². The zero-order valence-corrected chi connectivity index (χ0v) is 8.38. The quantitative estimate of drug-likeness (QED) is 0.731. The summed E-state index contributed by atoms with van der Waals surface area (Å²) in [5.74, 6) is 0.510. The molecule has 3 nitrogen and oxygen atoms in total. The number of alkyl halides is 1. The average molecular weight is 209 g/mol. The molecule has 1 N–H and O–H groups in total. The van der Waals surface area contributed by atoms with Gasteiger partial charge in [0.05, 0.1) is 16.3 Å². The highest BCUT2D eigenvalue weighted by molar-refractivity contribution is 6.20. The minimum absolute atomic E-state index is 0.141. The topological polar surface area (TPSA) is 45.8 Å². The van der Waals surface area contributed by atoms with Crippen molar-refractivity contribution < 1.29 is 0 Å². The largest absolute Gasteiger partial charge is 0.309 e. The van der Waals surface area contributed by atoms with Crippen molar-refractivity contribution in [2.75, 3.05) is 0 Å². The van der Waals surface area contributed by atoms with E-state index in [4.69, 9.17) is 11.6 Å². The van der Waals surface area contributed by atoms with Crippen LogP contribution in [0.25, 0.3) is 10.9 Å². The van der Waals surface area contributed by atoms with Gasteiger partial charge in [-0.15, -0.1) is 11.6 Å². The van der Waals surface area contributed by atoms with Crippen molar-refractivity contribution >= 4 is 22.5 Å². The number of H-pyrrole nitrogens is 1. The fourth-order valence-electron chi connectivity index (χ4n) is 1.29. The number of halogens is 1. The Labute approximate surface area is 85.7 Å². The number of nitrogens with zero attached hydrogens (tertiary/aromatic N) is 1. The molecular formula is C10H9ClN2O. The molecule has 1 aromatic carbocycles. The predicted molar refractivity (Wildman–Crippen MR) is 56.6 cm³/mol. The molecule has 1 aromatic heterocycles. The molecule has 4 heteroatoms. The van der Waals surface area contributed by atoms with E-state index in [-0.39, 0.29) is 10.9 Å². The third-order valence-electron chi connectivity index (χ3n) is 2.01. The first-order valence-corrected chi connectivity index (χ1v) is 4.75. The van der Waals surface area contributed by atoms with Crippen LogP contribution in [0.5, 0.6) is 0 Å². The fourth-order valence-corrected chi connectivity index (χ4v) is 1.40. The second-order valence-electron chi connectivity index (χ2n) is 3.08. The van der Waals surface area contributed by atoms with Crippen molar-refractivity contribution in [1.29, 1.82) is 0 Å². The minimum atomic E-state index is -0.285.